The largest absolute Gasteiger partial charge is 0.494 e. The summed E-state index contributed by atoms with van der Waals surface area (Å²) in [5.41, 5.74) is 5.35. The molecule has 2 bridgehead atoms. The van der Waals surface area contributed by atoms with Crippen molar-refractivity contribution in [3.63, 3.8) is 0 Å². The molecular formula is C57H64BClN6O9. The van der Waals surface area contributed by atoms with Gasteiger partial charge >= 0.3 is 7.12 Å². The molecule has 4 aromatic carbocycles. The Bertz CT molecular complexity index is 2890. The van der Waals surface area contributed by atoms with Crippen LogP contribution in [0, 0.1) is 35.5 Å². The summed E-state index contributed by atoms with van der Waals surface area (Å²) in [6.07, 6.45) is 8.06. The van der Waals surface area contributed by atoms with E-state index in [1.807, 2.05) is 55.5 Å². The summed E-state index contributed by atoms with van der Waals surface area (Å²) >= 11 is 6.19. The molecule has 5 amide bonds. The summed E-state index contributed by atoms with van der Waals surface area (Å²) in [4.78, 5) is 67.7. The molecule has 15 nitrogen and oxygen atoms in total. The topological polar surface area (TPSA) is 189 Å². The van der Waals surface area contributed by atoms with Crippen molar-refractivity contribution in [1.82, 2.24) is 20.4 Å². The number of ether oxygens (including phenoxy) is 2. The second-order valence-corrected chi connectivity index (χ2v) is 22.1. The van der Waals surface area contributed by atoms with Crippen molar-refractivity contribution in [2.75, 3.05) is 32.1 Å². The number of amides is 5. The van der Waals surface area contributed by atoms with Crippen molar-refractivity contribution in [3.8, 4) is 17.6 Å². The summed E-state index contributed by atoms with van der Waals surface area (Å²) in [5.74, 6) is 0.938. The van der Waals surface area contributed by atoms with E-state index in [1.165, 1.54) is 4.90 Å². The number of nitriles is 1. The number of rotatable bonds is 17. The van der Waals surface area contributed by atoms with Crippen LogP contribution in [-0.4, -0.2) is 103 Å². The van der Waals surface area contributed by atoms with Gasteiger partial charge in [0, 0.05) is 66.6 Å². The number of nitrogens with one attached hydrogen (secondary N) is 3. The Hall–Kier alpha value is -6.41. The van der Waals surface area contributed by atoms with Crippen molar-refractivity contribution in [2.24, 2.45) is 17.3 Å². The highest BCUT2D eigenvalue weighted by atomic mass is 35.5. The fourth-order valence-electron chi connectivity index (χ4n) is 12.5. The second-order valence-electron chi connectivity index (χ2n) is 21.7. The highest BCUT2D eigenvalue weighted by molar-refractivity contribution is 6.62. The number of hydrogen-bond acceptors (Lipinski definition) is 11. The van der Waals surface area contributed by atoms with Crippen molar-refractivity contribution >= 4 is 59.4 Å². The van der Waals surface area contributed by atoms with Crippen LogP contribution in [0.15, 0.2) is 78.9 Å². The first kappa shape index (κ1) is 51.1. The van der Waals surface area contributed by atoms with Gasteiger partial charge in [-0.05, 0) is 155 Å². The summed E-state index contributed by atoms with van der Waals surface area (Å²) < 4.78 is 26.3. The maximum atomic E-state index is 13.7. The van der Waals surface area contributed by atoms with Gasteiger partial charge in [0.1, 0.15) is 23.6 Å². The number of imide groups is 1. The Morgan fingerprint density at radius 1 is 0.973 bits per heavy atom. The minimum Gasteiger partial charge on any atom is -0.493 e. The third kappa shape index (κ3) is 10.1. The monoisotopic (exact) mass is 1020 g/mol. The van der Waals surface area contributed by atoms with Gasteiger partial charge in [-0.1, -0.05) is 43.1 Å². The normalized spacial score (nSPS) is 25.5. The zero-order valence-electron chi connectivity index (χ0n) is 42.5. The van der Waals surface area contributed by atoms with Gasteiger partial charge in [-0.2, -0.15) is 5.26 Å². The van der Waals surface area contributed by atoms with Gasteiger partial charge in [-0.25, -0.2) is 0 Å². The Labute approximate surface area is 438 Å². The van der Waals surface area contributed by atoms with Crippen LogP contribution in [0.25, 0.3) is 0 Å². The van der Waals surface area contributed by atoms with Crippen LogP contribution in [0.1, 0.15) is 132 Å². The molecular weight excluding hydrogens is 959 g/mol. The molecule has 386 valence electrons. The molecule has 5 atom stereocenters. The number of benzene rings is 4. The highest BCUT2D eigenvalue weighted by Gasteiger charge is 2.69. The van der Waals surface area contributed by atoms with Crippen LogP contribution in [0.4, 0.5) is 5.69 Å². The first-order valence-electron chi connectivity index (χ1n) is 26.2. The SMILES string of the molecule is Cc1cc(C(=O)N(C)CCCOc2cccc3c2CN(C2CCC(=O)NC2=O)C3=O)ccc1B1O[C@H]2C[C@H]3C[C@H](C3(C)C)[C@@]2(CCCNc2ccc(C(=O)N[C@H]3CC[C@H](Oc4ccc(C#N)c(Cl)c4)CC3)cc2)O1. The average Bonchev–Trinajstić information content (AvgIpc) is 3.98. The lowest BCUT2D eigenvalue weighted by Gasteiger charge is -2.65. The van der Waals surface area contributed by atoms with Crippen LogP contribution in [0.5, 0.6) is 11.5 Å². The third-order valence-electron chi connectivity index (χ3n) is 16.9. The fourth-order valence-corrected chi connectivity index (χ4v) is 12.7. The van der Waals surface area contributed by atoms with E-state index < -0.39 is 24.7 Å². The number of hydrogen-bond donors (Lipinski definition) is 3. The van der Waals surface area contributed by atoms with E-state index in [-0.39, 0.29) is 66.7 Å². The molecule has 0 radical (unpaired) electrons. The van der Waals surface area contributed by atoms with E-state index in [1.54, 1.807) is 42.3 Å². The van der Waals surface area contributed by atoms with Crippen molar-refractivity contribution in [3.05, 3.63) is 117 Å². The number of anilines is 1. The van der Waals surface area contributed by atoms with E-state index in [0.717, 1.165) is 80.2 Å². The van der Waals surface area contributed by atoms with Crippen LogP contribution in [0.2, 0.25) is 5.02 Å². The van der Waals surface area contributed by atoms with Gasteiger partial charge in [-0.3, -0.25) is 29.3 Å². The number of carbonyl (C=O) groups excluding carboxylic acids is 5. The van der Waals surface area contributed by atoms with Gasteiger partial charge in [0.2, 0.25) is 11.8 Å². The van der Waals surface area contributed by atoms with Gasteiger partial charge in [-0.15, -0.1) is 0 Å². The summed E-state index contributed by atoms with van der Waals surface area (Å²) in [7, 11) is 1.24. The van der Waals surface area contributed by atoms with Crippen molar-refractivity contribution in [2.45, 2.75) is 128 Å². The lowest BCUT2D eigenvalue weighted by molar-refractivity contribution is -0.210. The summed E-state index contributed by atoms with van der Waals surface area (Å²) in [6, 6.07) is 25.3. The first-order valence-corrected chi connectivity index (χ1v) is 26.6. The Kier molecular flexibility index (Phi) is 14.6. The molecule has 2 saturated heterocycles. The predicted molar refractivity (Wildman–Crippen MR) is 279 cm³/mol. The molecule has 4 aromatic rings. The van der Waals surface area contributed by atoms with E-state index in [2.05, 4.69) is 35.9 Å². The standard InChI is InChI=1S/C57H64BClN6O9/c1-34-28-36(54(69)64(4)26-7-27-71-48-9-5-8-43-44(48)33-65(55(43)70)47-22-23-51(66)63-53(47)68)13-21-45(34)58-73-50-30-38-29-49(56(38,2)3)57(50,74-58)24-6-25-61-39-14-10-35(11-15-39)52(67)62-40-16-19-41(20-17-40)72-42-18-12-37(32-60)46(59)31-42/h5,8-15,18,21,28,31,38,40-41,47,49-50,61H,6-7,16-17,19-20,22-27,29-30,33H2,1-4H3,(H,62,67)(H,63,66,68)/t38-,40-,41-,47?,49-,50+,57-/m1/s1. The fraction of sp³-hybridized carbons (Fsp3) is 0.474. The van der Waals surface area contributed by atoms with Gasteiger partial charge in [0.05, 0.1) is 41.5 Å². The number of carbonyl (C=O) groups is 5. The molecule has 0 aromatic heterocycles. The van der Waals surface area contributed by atoms with Crippen LogP contribution >= 0.6 is 11.6 Å². The van der Waals surface area contributed by atoms with E-state index >= 15 is 0 Å². The Morgan fingerprint density at radius 2 is 1.76 bits per heavy atom. The molecule has 4 aliphatic carbocycles. The second kappa shape index (κ2) is 21.1. The smallest absolute Gasteiger partial charge is 0.493 e. The lowest BCUT2D eigenvalue weighted by atomic mass is 9.42. The van der Waals surface area contributed by atoms with Crippen molar-refractivity contribution < 1.29 is 42.8 Å². The van der Waals surface area contributed by atoms with E-state index in [4.69, 9.17) is 35.6 Å². The number of halogens is 1. The molecule has 7 aliphatic rings. The van der Waals surface area contributed by atoms with Crippen molar-refractivity contribution in [1.29, 1.82) is 5.26 Å². The Morgan fingerprint density at radius 3 is 2.49 bits per heavy atom. The Balaban J connectivity index is 0.685. The number of fused-ring (bicyclic) bond motifs is 1. The maximum Gasteiger partial charge on any atom is 0.494 e. The van der Waals surface area contributed by atoms with Crippen LogP contribution in [0.3, 0.4) is 0 Å². The molecule has 0 spiro atoms. The van der Waals surface area contributed by atoms with Gasteiger partial charge in [0.25, 0.3) is 17.7 Å². The molecule has 11 rings (SSSR count). The summed E-state index contributed by atoms with van der Waals surface area (Å²) in [5, 5.41) is 18.7. The van der Waals surface area contributed by atoms with Gasteiger partial charge in [0.15, 0.2) is 0 Å². The molecule has 3 heterocycles. The number of piperidine rings is 1. The first-order chi connectivity index (χ1) is 35.6. The lowest BCUT2D eigenvalue weighted by Crippen LogP contribution is -2.66. The molecule has 1 unspecified atom stereocenters. The molecule has 3 N–H and O–H groups in total. The minimum absolute atomic E-state index is 0.0259. The minimum atomic E-state index is -0.702. The van der Waals surface area contributed by atoms with Crippen LogP contribution < -0.4 is 30.9 Å². The molecule has 17 heteroatoms. The number of nitrogens with zero attached hydrogens (tertiary/aromatic N) is 3. The molecule has 3 aliphatic heterocycles. The zero-order chi connectivity index (χ0) is 51.9. The highest BCUT2D eigenvalue weighted by Crippen LogP contribution is 2.67. The maximum absolute atomic E-state index is 13.7. The molecule has 74 heavy (non-hydrogen) atoms. The number of aryl methyl sites for hydroxylation is 1. The van der Waals surface area contributed by atoms with Gasteiger partial charge < -0.3 is 39.2 Å². The summed E-state index contributed by atoms with van der Waals surface area (Å²) in [6.45, 7) is 8.48. The third-order valence-corrected chi connectivity index (χ3v) is 17.2. The average molecular weight is 1020 g/mol. The molecule has 6 fully saturated rings. The quantitative estimate of drug-likeness (QED) is 0.0533. The van der Waals surface area contributed by atoms with E-state index in [9.17, 15) is 24.0 Å². The predicted octanol–water partition coefficient (Wildman–Crippen LogP) is 7.75. The molecule has 4 saturated carbocycles. The van der Waals surface area contributed by atoms with E-state index in [0.29, 0.717) is 70.2 Å². The van der Waals surface area contributed by atoms with Crippen LogP contribution in [-0.2, 0) is 25.4 Å². The zero-order valence-corrected chi connectivity index (χ0v) is 43.3.